The molecule has 0 saturated heterocycles. The molecule has 0 saturated carbocycles. The smallest absolute Gasteiger partial charge is 0.291 e. The second-order valence-corrected chi connectivity index (χ2v) is 4.01. The third kappa shape index (κ3) is 1.75. The number of fused-ring (bicyclic) bond motifs is 1. The Hall–Kier alpha value is -2.56. The summed E-state index contributed by atoms with van der Waals surface area (Å²) in [7, 11) is 0. The molecule has 0 bridgehead atoms. The molecule has 2 heterocycles. The number of nitrogens with one attached hydrogen (secondary N) is 2. The molecule has 0 aliphatic carbocycles. The van der Waals surface area contributed by atoms with E-state index >= 15 is 0 Å². The Bertz CT molecular complexity index is 698. The monoisotopic (exact) mass is 241 g/mol. The number of rotatable bonds is 2. The van der Waals surface area contributed by atoms with Crippen LogP contribution in [0.5, 0.6) is 0 Å². The number of carbonyl (C=O) groups excluding carboxylic acids is 1. The molecule has 0 fully saturated rings. The fourth-order valence-electron chi connectivity index (χ4n) is 1.82. The maximum Gasteiger partial charge on any atom is 0.291 e. The zero-order chi connectivity index (χ0) is 12.5. The van der Waals surface area contributed by atoms with Crippen LogP contribution >= 0.6 is 0 Å². The molecule has 2 aromatic heterocycles. The molecule has 3 aromatic rings. The lowest BCUT2D eigenvalue weighted by Crippen LogP contribution is -2.10. The summed E-state index contributed by atoms with van der Waals surface area (Å²) >= 11 is 0. The molecule has 5 heteroatoms. The summed E-state index contributed by atoms with van der Waals surface area (Å²) < 4.78 is 5.03. The average Bonchev–Trinajstić information content (AvgIpc) is 2.99. The zero-order valence-corrected chi connectivity index (χ0v) is 9.73. The van der Waals surface area contributed by atoms with Gasteiger partial charge in [-0.1, -0.05) is 0 Å². The molecule has 2 N–H and O–H groups in total. The summed E-state index contributed by atoms with van der Waals surface area (Å²) in [5, 5.41) is 10.9. The summed E-state index contributed by atoms with van der Waals surface area (Å²) in [4.78, 5) is 11.8. The van der Waals surface area contributed by atoms with E-state index in [9.17, 15) is 4.79 Å². The molecule has 0 spiro atoms. The Kier molecular flexibility index (Phi) is 2.37. The van der Waals surface area contributed by atoms with Gasteiger partial charge in [0.05, 0.1) is 11.8 Å². The van der Waals surface area contributed by atoms with Crippen molar-refractivity contribution >= 4 is 22.5 Å². The molecule has 90 valence electrons. The number of aryl methyl sites for hydroxylation is 1. The van der Waals surface area contributed by atoms with Gasteiger partial charge in [-0.05, 0) is 37.3 Å². The van der Waals surface area contributed by atoms with Crippen molar-refractivity contribution in [2.24, 2.45) is 0 Å². The molecule has 1 aromatic carbocycles. The van der Waals surface area contributed by atoms with Gasteiger partial charge in [-0.2, -0.15) is 5.10 Å². The first-order valence-corrected chi connectivity index (χ1v) is 5.53. The van der Waals surface area contributed by atoms with E-state index in [1.165, 1.54) is 6.26 Å². The largest absolute Gasteiger partial charge is 0.459 e. The van der Waals surface area contributed by atoms with Gasteiger partial charge >= 0.3 is 0 Å². The van der Waals surface area contributed by atoms with Crippen LogP contribution in [0.1, 0.15) is 16.2 Å². The van der Waals surface area contributed by atoms with Crippen molar-refractivity contribution in [1.82, 2.24) is 10.2 Å². The lowest BCUT2D eigenvalue weighted by atomic mass is 10.2. The van der Waals surface area contributed by atoms with Crippen LogP contribution in [0.4, 0.5) is 5.69 Å². The molecule has 1 amide bonds. The molecule has 0 aliphatic rings. The lowest BCUT2D eigenvalue weighted by Gasteiger charge is -2.02. The standard InChI is InChI=1S/C13H11N3O2/c1-8-10-5-4-9(7-11(10)16-15-8)14-13(17)12-3-2-6-18-12/h2-7H,1H3,(H,14,17)(H,15,16). The van der Waals surface area contributed by atoms with Gasteiger partial charge in [0.15, 0.2) is 5.76 Å². The second-order valence-electron chi connectivity index (χ2n) is 4.01. The van der Waals surface area contributed by atoms with Crippen molar-refractivity contribution in [3.63, 3.8) is 0 Å². The Morgan fingerprint density at radius 2 is 2.28 bits per heavy atom. The van der Waals surface area contributed by atoms with Crippen LogP contribution in [0.2, 0.25) is 0 Å². The minimum absolute atomic E-state index is 0.272. The van der Waals surface area contributed by atoms with Crippen molar-refractivity contribution in [3.05, 3.63) is 48.0 Å². The number of furan rings is 1. The molecular formula is C13H11N3O2. The third-order valence-corrected chi connectivity index (χ3v) is 2.75. The van der Waals surface area contributed by atoms with Gasteiger partial charge in [-0.25, -0.2) is 0 Å². The first kappa shape index (κ1) is 10.6. The van der Waals surface area contributed by atoms with E-state index in [1.807, 2.05) is 25.1 Å². The van der Waals surface area contributed by atoms with Crippen molar-refractivity contribution in [2.75, 3.05) is 5.32 Å². The minimum Gasteiger partial charge on any atom is -0.459 e. The van der Waals surface area contributed by atoms with E-state index < -0.39 is 0 Å². The Balaban J connectivity index is 1.89. The van der Waals surface area contributed by atoms with Crippen LogP contribution < -0.4 is 5.32 Å². The first-order valence-electron chi connectivity index (χ1n) is 5.53. The number of carbonyl (C=O) groups is 1. The van der Waals surface area contributed by atoms with Crippen LogP contribution in [0.3, 0.4) is 0 Å². The Morgan fingerprint density at radius 1 is 1.39 bits per heavy atom. The summed E-state index contributed by atoms with van der Waals surface area (Å²) in [6.07, 6.45) is 1.47. The van der Waals surface area contributed by atoms with E-state index in [1.54, 1.807) is 12.1 Å². The number of aromatic nitrogens is 2. The number of H-pyrrole nitrogens is 1. The fraction of sp³-hybridized carbons (Fsp3) is 0.0769. The predicted molar refractivity (Wildman–Crippen MR) is 67.5 cm³/mol. The predicted octanol–water partition coefficient (Wildman–Crippen LogP) is 2.72. The first-order chi connectivity index (χ1) is 8.74. The fourth-order valence-corrected chi connectivity index (χ4v) is 1.82. The Morgan fingerprint density at radius 3 is 3.06 bits per heavy atom. The third-order valence-electron chi connectivity index (χ3n) is 2.75. The van der Waals surface area contributed by atoms with Crippen LogP contribution in [0.15, 0.2) is 41.0 Å². The molecular weight excluding hydrogens is 230 g/mol. The van der Waals surface area contributed by atoms with E-state index in [4.69, 9.17) is 4.42 Å². The molecule has 0 atom stereocenters. The van der Waals surface area contributed by atoms with Crippen LogP contribution in [-0.2, 0) is 0 Å². The zero-order valence-electron chi connectivity index (χ0n) is 9.73. The van der Waals surface area contributed by atoms with Crippen molar-refractivity contribution in [1.29, 1.82) is 0 Å². The van der Waals surface area contributed by atoms with Gasteiger partial charge in [-0.15, -0.1) is 0 Å². The number of amides is 1. The van der Waals surface area contributed by atoms with Gasteiger partial charge in [0, 0.05) is 16.8 Å². The minimum atomic E-state index is -0.272. The van der Waals surface area contributed by atoms with Gasteiger partial charge in [-0.3, -0.25) is 9.89 Å². The molecule has 18 heavy (non-hydrogen) atoms. The van der Waals surface area contributed by atoms with E-state index in [0.717, 1.165) is 16.6 Å². The van der Waals surface area contributed by atoms with Gasteiger partial charge in [0.25, 0.3) is 5.91 Å². The molecule has 3 rings (SSSR count). The highest BCUT2D eigenvalue weighted by Gasteiger charge is 2.09. The molecule has 5 nitrogen and oxygen atoms in total. The van der Waals surface area contributed by atoms with Crippen LogP contribution in [0.25, 0.3) is 10.9 Å². The topological polar surface area (TPSA) is 70.9 Å². The maximum atomic E-state index is 11.8. The quantitative estimate of drug-likeness (QED) is 0.724. The number of benzene rings is 1. The van der Waals surface area contributed by atoms with E-state index in [0.29, 0.717) is 5.69 Å². The average molecular weight is 241 g/mol. The van der Waals surface area contributed by atoms with Gasteiger partial charge in [0.1, 0.15) is 0 Å². The SMILES string of the molecule is Cc1[nH]nc2cc(NC(=O)c3ccco3)ccc12. The second kappa shape index (κ2) is 4.03. The van der Waals surface area contributed by atoms with E-state index in [2.05, 4.69) is 15.5 Å². The molecule has 0 radical (unpaired) electrons. The highest BCUT2D eigenvalue weighted by atomic mass is 16.3. The van der Waals surface area contributed by atoms with Crippen LogP contribution in [0, 0.1) is 6.92 Å². The summed E-state index contributed by atoms with van der Waals surface area (Å²) in [5.74, 6) is 0.0138. The highest BCUT2D eigenvalue weighted by molar-refractivity contribution is 6.03. The van der Waals surface area contributed by atoms with Crippen molar-refractivity contribution in [2.45, 2.75) is 6.92 Å². The number of aromatic amines is 1. The maximum absolute atomic E-state index is 11.8. The van der Waals surface area contributed by atoms with Crippen molar-refractivity contribution in [3.8, 4) is 0 Å². The Labute approximate surface area is 103 Å². The van der Waals surface area contributed by atoms with Gasteiger partial charge in [0.2, 0.25) is 0 Å². The normalized spacial score (nSPS) is 10.7. The number of anilines is 1. The number of hydrogen-bond donors (Lipinski definition) is 2. The molecule has 0 aliphatic heterocycles. The number of nitrogens with zero attached hydrogens (tertiary/aromatic N) is 1. The lowest BCUT2D eigenvalue weighted by molar-refractivity contribution is 0.0996. The van der Waals surface area contributed by atoms with Gasteiger partial charge < -0.3 is 9.73 Å². The summed E-state index contributed by atoms with van der Waals surface area (Å²) in [6.45, 7) is 1.95. The summed E-state index contributed by atoms with van der Waals surface area (Å²) in [6, 6.07) is 8.87. The van der Waals surface area contributed by atoms with E-state index in [-0.39, 0.29) is 11.7 Å². The molecule has 0 unspecified atom stereocenters. The van der Waals surface area contributed by atoms with Crippen LogP contribution in [-0.4, -0.2) is 16.1 Å². The number of hydrogen-bond acceptors (Lipinski definition) is 3. The highest BCUT2D eigenvalue weighted by Crippen LogP contribution is 2.20. The van der Waals surface area contributed by atoms with Crippen molar-refractivity contribution < 1.29 is 9.21 Å². The summed E-state index contributed by atoms with van der Waals surface area (Å²) in [5.41, 5.74) is 2.52.